The second-order valence-corrected chi connectivity index (χ2v) is 5.11. The monoisotopic (exact) mass is 327 g/mol. The smallest absolute Gasteiger partial charge is 0.172 e. The predicted octanol–water partition coefficient (Wildman–Crippen LogP) is 4.16. The van der Waals surface area contributed by atoms with Crippen LogP contribution in [0.1, 0.15) is 11.4 Å². The summed E-state index contributed by atoms with van der Waals surface area (Å²) in [6, 6.07) is 3.37. The molecule has 21 heavy (non-hydrogen) atoms. The van der Waals surface area contributed by atoms with Crippen molar-refractivity contribution in [3.8, 4) is 11.5 Å². The first kappa shape index (κ1) is 15.7. The lowest BCUT2D eigenvalue weighted by atomic mass is 10.2. The Kier molecular flexibility index (Phi) is 4.75. The Morgan fingerprint density at radius 3 is 2.19 bits per heavy atom. The molecule has 1 aromatic carbocycles. The number of nitrogens with one attached hydrogen (secondary N) is 1. The van der Waals surface area contributed by atoms with Gasteiger partial charge in [0.1, 0.15) is 11.5 Å². The number of halogens is 2. The van der Waals surface area contributed by atoms with E-state index in [0.29, 0.717) is 28.0 Å². The summed E-state index contributed by atoms with van der Waals surface area (Å²) < 4.78 is 10.5. The van der Waals surface area contributed by atoms with Gasteiger partial charge in [-0.15, -0.1) is 0 Å². The van der Waals surface area contributed by atoms with Crippen LogP contribution in [0.25, 0.3) is 0 Å². The Labute approximate surface area is 133 Å². The molecule has 0 saturated carbocycles. The van der Waals surface area contributed by atoms with Crippen molar-refractivity contribution in [2.75, 3.05) is 19.5 Å². The minimum atomic E-state index is 0.284. The van der Waals surface area contributed by atoms with Gasteiger partial charge in [-0.25, -0.2) is 9.97 Å². The van der Waals surface area contributed by atoms with Crippen LogP contribution >= 0.6 is 23.2 Å². The molecule has 0 bridgehead atoms. The van der Waals surface area contributed by atoms with Crippen molar-refractivity contribution in [2.24, 2.45) is 0 Å². The Morgan fingerprint density at radius 2 is 1.57 bits per heavy atom. The quantitative estimate of drug-likeness (QED) is 0.913. The van der Waals surface area contributed by atoms with Gasteiger partial charge >= 0.3 is 0 Å². The van der Waals surface area contributed by atoms with E-state index in [1.807, 2.05) is 13.8 Å². The van der Waals surface area contributed by atoms with Crippen LogP contribution in [0.15, 0.2) is 12.1 Å². The Morgan fingerprint density at radius 1 is 0.952 bits per heavy atom. The van der Waals surface area contributed by atoms with Gasteiger partial charge in [-0.3, -0.25) is 0 Å². The maximum absolute atomic E-state index is 6.13. The molecule has 1 aromatic heterocycles. The van der Waals surface area contributed by atoms with Crippen molar-refractivity contribution in [3.05, 3.63) is 33.7 Å². The minimum absolute atomic E-state index is 0.284. The zero-order valence-electron chi connectivity index (χ0n) is 12.1. The van der Waals surface area contributed by atoms with Crippen LogP contribution in [0.5, 0.6) is 11.5 Å². The van der Waals surface area contributed by atoms with E-state index in [0.717, 1.165) is 11.4 Å². The van der Waals surface area contributed by atoms with Crippen LogP contribution in [-0.4, -0.2) is 24.2 Å². The fourth-order valence-corrected chi connectivity index (χ4v) is 2.20. The van der Waals surface area contributed by atoms with Gasteiger partial charge in [0.15, 0.2) is 11.0 Å². The van der Waals surface area contributed by atoms with E-state index in [1.165, 1.54) is 0 Å². The van der Waals surface area contributed by atoms with Crippen LogP contribution in [-0.2, 0) is 0 Å². The molecule has 0 fully saturated rings. The molecular weight excluding hydrogens is 313 g/mol. The number of anilines is 2. The van der Waals surface area contributed by atoms with Crippen molar-refractivity contribution < 1.29 is 9.47 Å². The number of ether oxygens (including phenoxy) is 2. The van der Waals surface area contributed by atoms with Gasteiger partial charge in [0.05, 0.1) is 36.3 Å². The molecule has 5 nitrogen and oxygen atoms in total. The van der Waals surface area contributed by atoms with Crippen molar-refractivity contribution in [1.82, 2.24) is 9.97 Å². The second-order valence-electron chi connectivity index (χ2n) is 4.35. The number of benzene rings is 1. The summed E-state index contributed by atoms with van der Waals surface area (Å²) in [6.07, 6.45) is 0. The predicted molar refractivity (Wildman–Crippen MR) is 84.4 cm³/mol. The molecule has 1 heterocycles. The molecule has 7 heteroatoms. The fourth-order valence-electron chi connectivity index (χ4n) is 1.74. The highest BCUT2D eigenvalue weighted by Crippen LogP contribution is 2.37. The SMILES string of the molecule is COc1cc(OC)c(Nc2nc(C)c(C)nc2Cl)cc1Cl. The van der Waals surface area contributed by atoms with Gasteiger partial charge in [0.25, 0.3) is 0 Å². The maximum atomic E-state index is 6.13. The molecule has 1 N–H and O–H groups in total. The van der Waals surface area contributed by atoms with Crippen molar-refractivity contribution in [2.45, 2.75) is 13.8 Å². The summed E-state index contributed by atoms with van der Waals surface area (Å²) >= 11 is 12.2. The first-order chi connectivity index (χ1) is 9.96. The van der Waals surface area contributed by atoms with E-state index >= 15 is 0 Å². The molecule has 0 saturated heterocycles. The van der Waals surface area contributed by atoms with Crippen molar-refractivity contribution in [3.63, 3.8) is 0 Å². The van der Waals surface area contributed by atoms with E-state index < -0.39 is 0 Å². The van der Waals surface area contributed by atoms with Gasteiger partial charge < -0.3 is 14.8 Å². The number of methoxy groups -OCH3 is 2. The van der Waals surface area contributed by atoms with Crippen LogP contribution in [0.3, 0.4) is 0 Å². The van der Waals surface area contributed by atoms with Gasteiger partial charge in [-0.2, -0.15) is 0 Å². The topological polar surface area (TPSA) is 56.3 Å². The highest BCUT2D eigenvalue weighted by molar-refractivity contribution is 6.33. The highest BCUT2D eigenvalue weighted by atomic mass is 35.5. The zero-order chi connectivity index (χ0) is 15.6. The third-order valence-corrected chi connectivity index (χ3v) is 3.55. The lowest BCUT2D eigenvalue weighted by molar-refractivity contribution is 0.396. The average Bonchev–Trinajstić information content (AvgIpc) is 2.45. The number of aromatic nitrogens is 2. The summed E-state index contributed by atoms with van der Waals surface area (Å²) in [6.45, 7) is 3.71. The summed E-state index contributed by atoms with van der Waals surface area (Å²) in [7, 11) is 3.10. The summed E-state index contributed by atoms with van der Waals surface area (Å²) in [5.74, 6) is 1.53. The number of hydrogen-bond donors (Lipinski definition) is 1. The lowest BCUT2D eigenvalue weighted by Crippen LogP contribution is -2.02. The molecule has 0 spiro atoms. The van der Waals surface area contributed by atoms with Crippen molar-refractivity contribution in [1.29, 1.82) is 0 Å². The van der Waals surface area contributed by atoms with Crippen LogP contribution in [0.2, 0.25) is 10.2 Å². The molecule has 0 aliphatic carbocycles. The fraction of sp³-hybridized carbons (Fsp3) is 0.286. The van der Waals surface area contributed by atoms with Crippen LogP contribution < -0.4 is 14.8 Å². The van der Waals surface area contributed by atoms with Gasteiger partial charge in [-0.1, -0.05) is 23.2 Å². The van der Waals surface area contributed by atoms with E-state index in [9.17, 15) is 0 Å². The summed E-state index contributed by atoms with van der Waals surface area (Å²) in [4.78, 5) is 8.60. The summed E-state index contributed by atoms with van der Waals surface area (Å²) in [5.41, 5.74) is 2.20. The molecule has 0 radical (unpaired) electrons. The van der Waals surface area contributed by atoms with E-state index in [4.69, 9.17) is 32.7 Å². The zero-order valence-corrected chi connectivity index (χ0v) is 13.6. The first-order valence-electron chi connectivity index (χ1n) is 6.15. The van der Waals surface area contributed by atoms with E-state index in [2.05, 4.69) is 15.3 Å². The van der Waals surface area contributed by atoms with E-state index in [1.54, 1.807) is 26.4 Å². The molecular formula is C14H15Cl2N3O2. The molecule has 0 aliphatic rings. The lowest BCUT2D eigenvalue weighted by Gasteiger charge is -2.14. The third kappa shape index (κ3) is 3.31. The number of rotatable bonds is 4. The van der Waals surface area contributed by atoms with Gasteiger partial charge in [0, 0.05) is 6.07 Å². The largest absolute Gasteiger partial charge is 0.495 e. The second kappa shape index (κ2) is 6.37. The third-order valence-electron chi connectivity index (χ3n) is 2.99. The standard InChI is InChI=1S/C14H15Cl2N3O2/c1-7-8(2)18-14(13(16)17-7)19-10-5-9(15)11(20-3)6-12(10)21-4/h5-6H,1-4H3,(H,18,19). The van der Waals surface area contributed by atoms with Crippen LogP contribution in [0.4, 0.5) is 11.5 Å². The Bertz CT molecular complexity index is 678. The van der Waals surface area contributed by atoms with Gasteiger partial charge in [-0.05, 0) is 19.9 Å². The minimum Gasteiger partial charge on any atom is -0.495 e. The molecule has 0 amide bonds. The number of hydrogen-bond acceptors (Lipinski definition) is 5. The molecule has 2 rings (SSSR count). The number of nitrogens with zero attached hydrogens (tertiary/aromatic N) is 2. The molecule has 0 unspecified atom stereocenters. The van der Waals surface area contributed by atoms with E-state index in [-0.39, 0.29) is 5.15 Å². The normalized spacial score (nSPS) is 10.4. The molecule has 112 valence electrons. The Hall–Kier alpha value is -1.72. The van der Waals surface area contributed by atoms with Gasteiger partial charge in [0.2, 0.25) is 0 Å². The number of aryl methyl sites for hydroxylation is 2. The molecule has 2 aromatic rings. The average molecular weight is 328 g/mol. The Balaban J connectivity index is 2.44. The molecule has 0 aliphatic heterocycles. The highest BCUT2D eigenvalue weighted by Gasteiger charge is 2.13. The van der Waals surface area contributed by atoms with Crippen molar-refractivity contribution >= 4 is 34.7 Å². The molecule has 0 atom stereocenters. The summed E-state index contributed by atoms with van der Waals surface area (Å²) in [5, 5.41) is 3.82. The van der Waals surface area contributed by atoms with Crippen LogP contribution in [0, 0.1) is 13.8 Å². The first-order valence-corrected chi connectivity index (χ1v) is 6.91. The maximum Gasteiger partial charge on any atom is 0.172 e.